The molecule has 0 saturated heterocycles. The lowest BCUT2D eigenvalue weighted by atomic mass is 10.0. The van der Waals surface area contributed by atoms with E-state index in [1.54, 1.807) is 0 Å². The van der Waals surface area contributed by atoms with Gasteiger partial charge in [-0.1, -0.05) is 244 Å². The number of nitrogens with one attached hydrogen (secondary N) is 1. The summed E-state index contributed by atoms with van der Waals surface area (Å²) in [6.45, 7) is 7.00. The molecular weight excluding hydrogens is 880 g/mol. The highest BCUT2D eigenvalue weighted by Gasteiger charge is 2.30. The Labute approximate surface area is 427 Å². The van der Waals surface area contributed by atoms with E-state index in [0.717, 1.165) is 64.2 Å². The molecule has 0 saturated carbocycles. The van der Waals surface area contributed by atoms with Gasteiger partial charge in [0.2, 0.25) is 5.91 Å². The lowest BCUT2D eigenvalue weighted by Crippen LogP contribution is -2.47. The zero-order valence-corrected chi connectivity index (χ0v) is 47.2. The predicted molar refractivity (Wildman–Crippen MR) is 296 cm³/mol. The molecule has 0 rings (SSSR count). The van der Waals surface area contributed by atoms with Crippen LogP contribution in [0.3, 0.4) is 0 Å². The molecular formula is C59H114N2O7P+. The Bertz CT molecular complexity index is 1280. The number of rotatable bonds is 53. The molecule has 0 aromatic heterocycles. The van der Waals surface area contributed by atoms with E-state index in [0.29, 0.717) is 30.3 Å². The number of allylic oxidation sites excluding steroid dienone is 5. The van der Waals surface area contributed by atoms with E-state index >= 15 is 0 Å². The first-order valence-corrected chi connectivity index (χ1v) is 30.8. The highest BCUT2D eigenvalue weighted by molar-refractivity contribution is 7.47. The van der Waals surface area contributed by atoms with Crippen molar-refractivity contribution in [1.82, 2.24) is 5.32 Å². The molecule has 0 aromatic carbocycles. The first-order valence-electron chi connectivity index (χ1n) is 29.3. The molecule has 0 bridgehead atoms. The Morgan fingerprint density at radius 2 is 0.870 bits per heavy atom. The van der Waals surface area contributed by atoms with Gasteiger partial charge in [-0.05, 0) is 57.4 Å². The topological polar surface area (TPSA) is 111 Å². The summed E-state index contributed by atoms with van der Waals surface area (Å²) in [5, 5.41) is 3.04. The van der Waals surface area contributed by atoms with Crippen LogP contribution in [0.1, 0.15) is 278 Å². The zero-order chi connectivity index (χ0) is 50.8. The van der Waals surface area contributed by atoms with E-state index in [1.165, 1.54) is 173 Å². The van der Waals surface area contributed by atoms with Crippen molar-refractivity contribution in [2.75, 3.05) is 40.9 Å². The quantitative estimate of drug-likeness (QED) is 0.0156. The molecule has 0 aliphatic heterocycles. The third-order valence-corrected chi connectivity index (χ3v) is 14.1. The van der Waals surface area contributed by atoms with Crippen LogP contribution in [-0.4, -0.2) is 74.3 Å². The molecule has 1 amide bonds. The first kappa shape index (κ1) is 67.2. The predicted octanol–water partition coefficient (Wildman–Crippen LogP) is 17.6. The number of carbonyl (C=O) groups is 2. The highest BCUT2D eigenvalue weighted by Crippen LogP contribution is 2.43. The Kier molecular flexibility index (Phi) is 48.5. The van der Waals surface area contributed by atoms with Crippen molar-refractivity contribution >= 4 is 19.7 Å². The number of esters is 1. The van der Waals surface area contributed by atoms with Crippen LogP contribution in [0, 0.1) is 0 Å². The monoisotopic (exact) mass is 994 g/mol. The summed E-state index contributed by atoms with van der Waals surface area (Å²) in [4.78, 5) is 37.6. The van der Waals surface area contributed by atoms with Crippen LogP contribution < -0.4 is 5.32 Å². The molecule has 3 unspecified atom stereocenters. The number of phosphoric ester groups is 1. The third-order valence-electron chi connectivity index (χ3n) is 13.1. The Hall–Kier alpha value is -1.77. The molecule has 0 fully saturated rings. The molecule has 10 heteroatoms. The molecule has 2 N–H and O–H groups in total. The number of amides is 1. The maximum atomic E-state index is 13.5. The van der Waals surface area contributed by atoms with Crippen LogP contribution in [0.2, 0.25) is 0 Å². The van der Waals surface area contributed by atoms with Gasteiger partial charge in [-0.15, -0.1) is 0 Å². The van der Waals surface area contributed by atoms with Crippen LogP contribution in [0.5, 0.6) is 0 Å². The minimum atomic E-state index is -4.45. The van der Waals surface area contributed by atoms with E-state index in [-0.39, 0.29) is 25.1 Å². The van der Waals surface area contributed by atoms with E-state index in [4.69, 9.17) is 13.8 Å². The molecule has 0 aromatic rings. The van der Waals surface area contributed by atoms with Gasteiger partial charge in [0, 0.05) is 12.8 Å². The normalized spacial score (nSPS) is 14.0. The van der Waals surface area contributed by atoms with Crippen molar-refractivity contribution in [2.24, 2.45) is 0 Å². The number of phosphoric acid groups is 1. The number of hydrogen-bond donors (Lipinski definition) is 2. The van der Waals surface area contributed by atoms with Gasteiger partial charge in [0.05, 0.1) is 33.8 Å². The third kappa shape index (κ3) is 51.0. The summed E-state index contributed by atoms with van der Waals surface area (Å²) >= 11 is 0. The fourth-order valence-electron chi connectivity index (χ4n) is 8.52. The van der Waals surface area contributed by atoms with E-state index in [9.17, 15) is 19.0 Å². The summed E-state index contributed by atoms with van der Waals surface area (Å²) in [6.07, 6.45) is 58.5. The second-order valence-corrected chi connectivity index (χ2v) is 22.7. The largest absolute Gasteiger partial charge is 0.472 e. The van der Waals surface area contributed by atoms with Crippen molar-refractivity contribution in [2.45, 2.75) is 290 Å². The van der Waals surface area contributed by atoms with Gasteiger partial charge in [-0.2, -0.15) is 0 Å². The molecule has 69 heavy (non-hydrogen) atoms. The van der Waals surface area contributed by atoms with Crippen molar-refractivity contribution in [3.63, 3.8) is 0 Å². The number of unbranched alkanes of at least 4 members (excludes halogenated alkanes) is 34. The van der Waals surface area contributed by atoms with Crippen LogP contribution >= 0.6 is 7.82 Å². The molecule has 0 radical (unpaired) electrons. The molecule has 9 nitrogen and oxygen atoms in total. The van der Waals surface area contributed by atoms with Gasteiger partial charge >= 0.3 is 13.8 Å². The van der Waals surface area contributed by atoms with Gasteiger partial charge in [-0.3, -0.25) is 18.6 Å². The SMILES string of the molecule is CCCCCCCCC/C=C/C=C/CCCCCC(=O)NC(COP(=O)(O)OCC[N+](C)(C)C)C(/C=C/CCCCCCCCCCCC)OC(=O)CCCCCCCCCCCCCCCCC. The molecule has 3 atom stereocenters. The number of carbonyl (C=O) groups excluding carboxylic acids is 2. The highest BCUT2D eigenvalue weighted by atomic mass is 31.2. The van der Waals surface area contributed by atoms with Crippen molar-refractivity contribution in [1.29, 1.82) is 0 Å². The van der Waals surface area contributed by atoms with Crippen LogP contribution in [-0.2, 0) is 27.9 Å². The Morgan fingerprint density at radius 1 is 0.507 bits per heavy atom. The van der Waals surface area contributed by atoms with Gasteiger partial charge in [0.25, 0.3) is 0 Å². The second-order valence-electron chi connectivity index (χ2n) is 21.2. The summed E-state index contributed by atoms with van der Waals surface area (Å²) in [5.41, 5.74) is 0. The fourth-order valence-corrected chi connectivity index (χ4v) is 9.26. The van der Waals surface area contributed by atoms with Gasteiger partial charge in [-0.25, -0.2) is 4.57 Å². The van der Waals surface area contributed by atoms with Crippen LogP contribution in [0.4, 0.5) is 0 Å². The number of nitrogens with zero attached hydrogens (tertiary/aromatic N) is 1. The number of ether oxygens (including phenoxy) is 1. The van der Waals surface area contributed by atoms with Crippen molar-refractivity contribution in [3.05, 3.63) is 36.5 Å². The molecule has 0 heterocycles. The second kappa shape index (κ2) is 49.8. The number of quaternary nitrogens is 1. The van der Waals surface area contributed by atoms with Crippen molar-refractivity contribution < 1.29 is 37.3 Å². The smallest absolute Gasteiger partial charge is 0.456 e. The fraction of sp³-hybridized carbons (Fsp3) is 0.864. The minimum absolute atomic E-state index is 0.0372. The summed E-state index contributed by atoms with van der Waals surface area (Å²) in [7, 11) is 1.49. The van der Waals surface area contributed by atoms with Gasteiger partial charge in [0.1, 0.15) is 19.3 Å². The molecule has 0 aliphatic carbocycles. The molecule has 0 spiro atoms. The number of likely N-dealkylation sites (N-methyl/N-ethyl adjacent to an activating group) is 1. The Morgan fingerprint density at radius 3 is 1.29 bits per heavy atom. The molecule has 406 valence electrons. The lowest BCUT2D eigenvalue weighted by molar-refractivity contribution is -0.870. The first-order chi connectivity index (χ1) is 33.4. The van der Waals surface area contributed by atoms with E-state index < -0.39 is 20.0 Å². The van der Waals surface area contributed by atoms with Crippen LogP contribution in [0.25, 0.3) is 0 Å². The lowest BCUT2D eigenvalue weighted by Gasteiger charge is -2.27. The number of hydrogen-bond acceptors (Lipinski definition) is 6. The van der Waals surface area contributed by atoms with Gasteiger partial charge in [0.15, 0.2) is 0 Å². The minimum Gasteiger partial charge on any atom is -0.456 e. The summed E-state index contributed by atoms with van der Waals surface area (Å²) < 4.78 is 30.6. The van der Waals surface area contributed by atoms with Crippen molar-refractivity contribution in [3.8, 4) is 0 Å². The Balaban J connectivity index is 5.36. The maximum Gasteiger partial charge on any atom is 0.472 e. The average molecular weight is 995 g/mol. The summed E-state index contributed by atoms with van der Waals surface area (Å²) in [6, 6.07) is -0.857. The maximum absolute atomic E-state index is 13.5. The standard InChI is InChI=1S/C59H113N2O7P/c1-7-10-13-16-19-22-25-28-30-32-33-36-39-42-45-48-51-58(62)60-56(55-67-69(64,65)66-54-53-61(4,5)6)57(50-47-44-41-38-35-27-24-21-18-15-12-9-3)68-59(63)52-49-46-43-40-37-34-31-29-26-23-20-17-14-11-8-2/h30,32-33,36,47,50,56-57H,7-29,31,34-35,37-46,48-49,51-55H2,1-6H3,(H-,60,62,64,65)/p+1/b32-30+,36-33+,50-47+. The van der Waals surface area contributed by atoms with E-state index in [1.807, 2.05) is 33.3 Å². The average Bonchev–Trinajstić information content (AvgIpc) is 3.31. The van der Waals surface area contributed by atoms with Gasteiger partial charge < -0.3 is 19.4 Å². The van der Waals surface area contributed by atoms with Crippen LogP contribution in [0.15, 0.2) is 36.5 Å². The van der Waals surface area contributed by atoms with E-state index in [2.05, 4.69) is 50.4 Å². The summed E-state index contributed by atoms with van der Waals surface area (Å²) in [5.74, 6) is -0.526. The zero-order valence-electron chi connectivity index (χ0n) is 46.3. The molecule has 0 aliphatic rings.